The molecule has 4 rings (SSSR count). The summed E-state index contributed by atoms with van der Waals surface area (Å²) in [5.41, 5.74) is 3.68. The molecule has 1 aliphatic rings. The van der Waals surface area contributed by atoms with Gasteiger partial charge in [0.05, 0.1) is 33.0 Å². The molecular formula is C23H24ClN5OS. The number of hydrogen-bond acceptors (Lipinski definition) is 5. The van der Waals surface area contributed by atoms with Crippen LogP contribution in [0.2, 0.25) is 5.02 Å². The Morgan fingerprint density at radius 2 is 2.00 bits per heavy atom. The Morgan fingerprint density at radius 1 is 1.19 bits per heavy atom. The zero-order valence-corrected chi connectivity index (χ0v) is 19.1. The van der Waals surface area contributed by atoms with Crippen molar-refractivity contribution in [1.29, 1.82) is 0 Å². The first-order valence-corrected chi connectivity index (χ1v) is 11.5. The average Bonchev–Trinajstić information content (AvgIpc) is 3.33. The SMILES string of the molecule is CCN(CC)CCn1cnc2ccc(C=C3SC(Nc4ccccc4Cl)=NC3=O)cc21. The number of aliphatic imine (C=N–C) groups is 1. The van der Waals surface area contributed by atoms with E-state index in [1.165, 1.54) is 11.8 Å². The Kier molecular flexibility index (Phi) is 6.75. The fraction of sp³-hybridized carbons (Fsp3) is 0.261. The van der Waals surface area contributed by atoms with Gasteiger partial charge in [0.15, 0.2) is 5.17 Å². The lowest BCUT2D eigenvalue weighted by atomic mass is 10.2. The molecule has 0 bridgehead atoms. The van der Waals surface area contributed by atoms with Gasteiger partial charge in [-0.25, -0.2) is 4.98 Å². The third kappa shape index (κ3) is 5.01. The van der Waals surface area contributed by atoms with E-state index < -0.39 is 0 Å². The largest absolute Gasteiger partial charge is 0.333 e. The zero-order valence-electron chi connectivity index (χ0n) is 17.5. The second-order valence-corrected chi connectivity index (χ2v) is 8.59. The monoisotopic (exact) mass is 453 g/mol. The van der Waals surface area contributed by atoms with Crippen molar-refractivity contribution in [2.45, 2.75) is 20.4 Å². The lowest BCUT2D eigenvalue weighted by molar-refractivity contribution is -0.113. The van der Waals surface area contributed by atoms with Gasteiger partial charge in [0, 0.05) is 13.1 Å². The lowest BCUT2D eigenvalue weighted by Gasteiger charge is -2.18. The average molecular weight is 454 g/mol. The Morgan fingerprint density at radius 3 is 2.77 bits per heavy atom. The van der Waals surface area contributed by atoms with Gasteiger partial charge in [0.2, 0.25) is 0 Å². The maximum Gasteiger partial charge on any atom is 0.286 e. The summed E-state index contributed by atoms with van der Waals surface area (Å²) < 4.78 is 2.17. The second-order valence-electron chi connectivity index (χ2n) is 7.15. The molecule has 0 unspecified atom stereocenters. The maximum absolute atomic E-state index is 12.4. The fourth-order valence-electron chi connectivity index (χ4n) is 3.42. The van der Waals surface area contributed by atoms with Gasteiger partial charge in [-0.1, -0.05) is 43.6 Å². The van der Waals surface area contributed by atoms with Crippen LogP contribution in [-0.4, -0.2) is 45.2 Å². The molecule has 0 aliphatic carbocycles. The van der Waals surface area contributed by atoms with Crippen LogP contribution >= 0.6 is 23.4 Å². The highest BCUT2D eigenvalue weighted by Crippen LogP contribution is 2.31. The van der Waals surface area contributed by atoms with E-state index in [4.69, 9.17) is 11.6 Å². The number of fused-ring (bicyclic) bond motifs is 1. The Bertz CT molecular complexity index is 1170. The Hall–Kier alpha value is -2.61. The maximum atomic E-state index is 12.4. The molecule has 2 aromatic carbocycles. The van der Waals surface area contributed by atoms with Crippen molar-refractivity contribution in [1.82, 2.24) is 14.5 Å². The van der Waals surface area contributed by atoms with Crippen molar-refractivity contribution in [2.24, 2.45) is 4.99 Å². The first-order valence-electron chi connectivity index (χ1n) is 10.3. The van der Waals surface area contributed by atoms with Crippen molar-refractivity contribution in [3.8, 4) is 0 Å². The molecule has 1 amide bonds. The number of carbonyl (C=O) groups excluding carboxylic acids is 1. The molecular weight excluding hydrogens is 430 g/mol. The molecule has 0 atom stereocenters. The number of benzene rings is 2. The van der Waals surface area contributed by atoms with Crippen LogP contribution in [0.3, 0.4) is 0 Å². The van der Waals surface area contributed by atoms with E-state index in [1.807, 2.05) is 42.7 Å². The van der Waals surface area contributed by atoms with E-state index in [9.17, 15) is 4.79 Å². The van der Waals surface area contributed by atoms with Crippen LogP contribution < -0.4 is 5.32 Å². The molecule has 160 valence electrons. The summed E-state index contributed by atoms with van der Waals surface area (Å²) in [6.07, 6.45) is 3.76. The van der Waals surface area contributed by atoms with E-state index in [2.05, 4.69) is 44.7 Å². The van der Waals surface area contributed by atoms with Gasteiger partial charge < -0.3 is 14.8 Å². The molecule has 0 saturated heterocycles. The van der Waals surface area contributed by atoms with Crippen LogP contribution in [0.5, 0.6) is 0 Å². The van der Waals surface area contributed by atoms with E-state index in [0.717, 1.165) is 48.5 Å². The van der Waals surface area contributed by atoms with Crippen LogP contribution in [0.1, 0.15) is 19.4 Å². The van der Waals surface area contributed by atoms with Crippen molar-refractivity contribution < 1.29 is 4.79 Å². The van der Waals surface area contributed by atoms with Crippen molar-refractivity contribution >= 4 is 57.2 Å². The summed E-state index contributed by atoms with van der Waals surface area (Å²) in [5.74, 6) is -0.255. The normalized spacial score (nSPS) is 15.3. The lowest BCUT2D eigenvalue weighted by Crippen LogP contribution is -2.26. The third-order valence-electron chi connectivity index (χ3n) is 5.23. The van der Waals surface area contributed by atoms with Crippen molar-refractivity contribution in [3.63, 3.8) is 0 Å². The molecule has 1 aromatic heterocycles. The summed E-state index contributed by atoms with van der Waals surface area (Å²) in [6.45, 7) is 8.26. The molecule has 3 aromatic rings. The highest BCUT2D eigenvalue weighted by atomic mass is 35.5. The number of nitrogens with one attached hydrogen (secondary N) is 1. The van der Waals surface area contributed by atoms with Gasteiger partial charge in [-0.3, -0.25) is 4.79 Å². The smallest absolute Gasteiger partial charge is 0.286 e. The van der Waals surface area contributed by atoms with Gasteiger partial charge in [-0.05, 0) is 60.8 Å². The number of nitrogens with zero attached hydrogens (tertiary/aromatic N) is 4. The first-order chi connectivity index (χ1) is 15.1. The quantitative estimate of drug-likeness (QED) is 0.503. The standard InChI is InChI=1S/C23H24ClN5OS/c1-3-28(4-2)11-12-29-15-25-19-10-9-16(13-20(19)29)14-21-22(30)27-23(31-21)26-18-8-6-5-7-17(18)24/h5-10,13-15H,3-4,11-12H2,1-2H3,(H,26,27,30). The van der Waals surface area contributed by atoms with Gasteiger partial charge in [0.25, 0.3) is 5.91 Å². The highest BCUT2D eigenvalue weighted by Gasteiger charge is 2.22. The number of imidazole rings is 1. The molecule has 1 N–H and O–H groups in total. The van der Waals surface area contributed by atoms with E-state index in [-0.39, 0.29) is 5.91 Å². The number of anilines is 1. The third-order valence-corrected chi connectivity index (χ3v) is 6.46. The van der Waals surface area contributed by atoms with Crippen molar-refractivity contribution in [3.05, 3.63) is 64.3 Å². The number of thioether (sulfide) groups is 1. The van der Waals surface area contributed by atoms with Crippen LogP contribution in [0.4, 0.5) is 5.69 Å². The van der Waals surface area contributed by atoms with Crippen LogP contribution in [0.15, 0.2) is 58.7 Å². The number of rotatable bonds is 7. The predicted octanol–water partition coefficient (Wildman–Crippen LogP) is 5.11. The minimum absolute atomic E-state index is 0.255. The minimum atomic E-state index is -0.255. The van der Waals surface area contributed by atoms with Gasteiger partial charge in [-0.2, -0.15) is 4.99 Å². The summed E-state index contributed by atoms with van der Waals surface area (Å²) in [4.78, 5) is 24.0. The number of amidine groups is 1. The molecule has 31 heavy (non-hydrogen) atoms. The van der Waals surface area contributed by atoms with Gasteiger partial charge in [0.1, 0.15) is 0 Å². The number of aromatic nitrogens is 2. The molecule has 8 heteroatoms. The van der Waals surface area contributed by atoms with E-state index in [0.29, 0.717) is 15.1 Å². The Labute approximate surface area is 191 Å². The predicted molar refractivity (Wildman–Crippen MR) is 131 cm³/mol. The van der Waals surface area contributed by atoms with Gasteiger partial charge >= 0.3 is 0 Å². The van der Waals surface area contributed by atoms with Crippen LogP contribution in [0, 0.1) is 0 Å². The topological polar surface area (TPSA) is 62.5 Å². The molecule has 6 nitrogen and oxygen atoms in total. The molecule has 0 saturated carbocycles. The van der Waals surface area contributed by atoms with Gasteiger partial charge in [-0.15, -0.1) is 0 Å². The molecule has 2 heterocycles. The number of halogens is 1. The number of amides is 1. The van der Waals surface area contributed by atoms with Crippen LogP contribution in [-0.2, 0) is 11.3 Å². The highest BCUT2D eigenvalue weighted by molar-refractivity contribution is 8.18. The number of para-hydroxylation sites is 1. The number of hydrogen-bond donors (Lipinski definition) is 1. The zero-order chi connectivity index (χ0) is 21.8. The molecule has 1 aliphatic heterocycles. The molecule has 0 radical (unpaired) electrons. The van der Waals surface area contributed by atoms with Crippen LogP contribution in [0.25, 0.3) is 17.1 Å². The summed E-state index contributed by atoms with van der Waals surface area (Å²) in [7, 11) is 0. The first kappa shape index (κ1) is 21.6. The summed E-state index contributed by atoms with van der Waals surface area (Å²) in [6, 6.07) is 13.4. The van der Waals surface area contributed by atoms with Crippen molar-refractivity contribution in [2.75, 3.05) is 25.0 Å². The molecule has 0 spiro atoms. The van der Waals surface area contributed by atoms with E-state index >= 15 is 0 Å². The summed E-state index contributed by atoms with van der Waals surface area (Å²) >= 11 is 7.50. The summed E-state index contributed by atoms with van der Waals surface area (Å²) in [5, 5.41) is 4.23. The fourth-order valence-corrected chi connectivity index (χ4v) is 4.43. The minimum Gasteiger partial charge on any atom is -0.333 e. The number of likely N-dealkylation sites (N-methyl/N-ethyl adjacent to an activating group) is 1. The molecule has 0 fully saturated rings. The van der Waals surface area contributed by atoms with E-state index in [1.54, 1.807) is 6.07 Å². The second kappa shape index (κ2) is 9.68. The Balaban J connectivity index is 1.51. The number of carbonyl (C=O) groups is 1.